The molecule has 0 spiro atoms. The van der Waals surface area contributed by atoms with Crippen molar-refractivity contribution in [3.8, 4) is 27.6 Å². The van der Waals surface area contributed by atoms with Crippen LogP contribution in [0.3, 0.4) is 0 Å². The van der Waals surface area contributed by atoms with Gasteiger partial charge in [-0.15, -0.1) is 11.3 Å². The monoisotopic (exact) mass is 303 g/mol. The summed E-state index contributed by atoms with van der Waals surface area (Å²) in [5.41, 5.74) is 1.75. The Morgan fingerprint density at radius 3 is 2.71 bits per heavy atom. The van der Waals surface area contributed by atoms with Crippen LogP contribution in [0.5, 0.6) is 5.75 Å². The highest BCUT2D eigenvalue weighted by Gasteiger charge is 2.13. The molecule has 3 aromatic rings. The molecule has 21 heavy (non-hydrogen) atoms. The molecule has 0 aliphatic heterocycles. The van der Waals surface area contributed by atoms with Crippen LogP contribution < -0.4 is 4.74 Å². The third-order valence-corrected chi connectivity index (χ3v) is 3.93. The molecule has 0 aliphatic rings. The number of thiazole rings is 1. The maximum Gasteiger partial charge on any atom is 0.169 e. The number of rotatable bonds is 3. The highest BCUT2D eigenvalue weighted by Crippen LogP contribution is 2.32. The van der Waals surface area contributed by atoms with Crippen molar-refractivity contribution in [1.82, 2.24) is 4.98 Å². The van der Waals surface area contributed by atoms with Gasteiger partial charge < -0.3 is 4.74 Å². The molecule has 0 bridgehead atoms. The summed E-state index contributed by atoms with van der Waals surface area (Å²) in [5.74, 6) is -1.02. The first-order valence-corrected chi connectivity index (χ1v) is 7.11. The van der Waals surface area contributed by atoms with Crippen LogP contribution in [0.4, 0.5) is 8.78 Å². The van der Waals surface area contributed by atoms with E-state index < -0.39 is 11.6 Å². The zero-order valence-electron chi connectivity index (χ0n) is 11.1. The molecule has 106 valence electrons. The highest BCUT2D eigenvalue weighted by molar-refractivity contribution is 7.13. The topological polar surface area (TPSA) is 22.1 Å². The van der Waals surface area contributed by atoms with Gasteiger partial charge in [-0.05, 0) is 24.3 Å². The van der Waals surface area contributed by atoms with E-state index in [9.17, 15) is 8.78 Å². The zero-order valence-corrected chi connectivity index (χ0v) is 12.0. The minimum absolute atomic E-state index is 0.175. The van der Waals surface area contributed by atoms with E-state index in [2.05, 4.69) is 4.98 Å². The van der Waals surface area contributed by atoms with Crippen molar-refractivity contribution >= 4 is 11.3 Å². The predicted molar refractivity (Wildman–Crippen MR) is 79.5 cm³/mol. The molecule has 0 saturated carbocycles. The first kappa shape index (κ1) is 13.7. The fraction of sp³-hybridized carbons (Fsp3) is 0.0625. The molecule has 3 rings (SSSR count). The summed E-state index contributed by atoms with van der Waals surface area (Å²) in [6, 6.07) is 11.5. The number of hydrogen-bond acceptors (Lipinski definition) is 3. The van der Waals surface area contributed by atoms with Gasteiger partial charge in [-0.25, -0.2) is 13.8 Å². The van der Waals surface area contributed by atoms with E-state index in [1.54, 1.807) is 7.11 Å². The van der Waals surface area contributed by atoms with Crippen molar-refractivity contribution in [3.63, 3.8) is 0 Å². The molecule has 0 aliphatic carbocycles. The molecule has 1 aromatic heterocycles. The van der Waals surface area contributed by atoms with Crippen LogP contribution in [-0.4, -0.2) is 12.1 Å². The molecule has 5 heteroatoms. The zero-order chi connectivity index (χ0) is 14.8. The summed E-state index contributed by atoms with van der Waals surface area (Å²) >= 11 is 1.28. The lowest BCUT2D eigenvalue weighted by molar-refractivity contribution is 0.415. The van der Waals surface area contributed by atoms with Gasteiger partial charge in [0.25, 0.3) is 0 Å². The minimum atomic E-state index is -0.871. The number of ether oxygens (including phenoxy) is 1. The van der Waals surface area contributed by atoms with Crippen molar-refractivity contribution in [2.75, 3.05) is 7.11 Å². The first-order chi connectivity index (χ1) is 10.2. The molecule has 0 atom stereocenters. The van der Waals surface area contributed by atoms with Crippen LogP contribution in [0.2, 0.25) is 0 Å². The molecule has 0 radical (unpaired) electrons. The summed E-state index contributed by atoms with van der Waals surface area (Å²) in [5, 5.41) is 2.26. The Bertz CT molecular complexity index is 785. The van der Waals surface area contributed by atoms with E-state index >= 15 is 0 Å². The maximum absolute atomic E-state index is 13.8. The normalized spacial score (nSPS) is 10.6. The molecule has 1 heterocycles. The van der Waals surface area contributed by atoms with Gasteiger partial charge >= 0.3 is 0 Å². The van der Waals surface area contributed by atoms with Gasteiger partial charge in [0.1, 0.15) is 10.8 Å². The first-order valence-electron chi connectivity index (χ1n) is 6.23. The lowest BCUT2D eigenvalue weighted by Gasteiger charge is -2.02. The Kier molecular flexibility index (Phi) is 3.66. The van der Waals surface area contributed by atoms with Crippen LogP contribution >= 0.6 is 11.3 Å². The lowest BCUT2D eigenvalue weighted by atomic mass is 10.1. The summed E-state index contributed by atoms with van der Waals surface area (Å²) in [6.45, 7) is 0. The van der Waals surface area contributed by atoms with Crippen molar-refractivity contribution in [2.45, 2.75) is 0 Å². The molecule has 0 fully saturated rings. The maximum atomic E-state index is 13.8. The van der Waals surface area contributed by atoms with Gasteiger partial charge in [0.2, 0.25) is 0 Å². The summed E-state index contributed by atoms with van der Waals surface area (Å²) in [6.07, 6.45) is 0. The van der Waals surface area contributed by atoms with Crippen molar-refractivity contribution < 1.29 is 13.5 Å². The summed E-state index contributed by atoms with van der Waals surface area (Å²) in [4.78, 5) is 4.38. The van der Waals surface area contributed by atoms with E-state index in [-0.39, 0.29) is 5.56 Å². The molecule has 2 nitrogen and oxygen atoms in total. The number of nitrogens with zero attached hydrogens (tertiary/aromatic N) is 1. The van der Waals surface area contributed by atoms with Crippen LogP contribution in [0.15, 0.2) is 47.8 Å². The SMILES string of the molecule is COc1cccc(-c2csc(-c3cccc(F)c3F)n2)c1. The van der Waals surface area contributed by atoms with Crippen LogP contribution in [-0.2, 0) is 0 Å². The fourth-order valence-corrected chi connectivity index (χ4v) is 2.83. The average molecular weight is 303 g/mol. The molecule has 0 amide bonds. The number of methoxy groups -OCH3 is 1. The summed E-state index contributed by atoms with van der Waals surface area (Å²) < 4.78 is 32.2. The fourth-order valence-electron chi connectivity index (χ4n) is 1.98. The minimum Gasteiger partial charge on any atom is -0.497 e. The number of benzene rings is 2. The molecule has 0 unspecified atom stereocenters. The van der Waals surface area contributed by atoms with Crippen LogP contribution in [0.1, 0.15) is 0 Å². The Hall–Kier alpha value is -2.27. The Balaban J connectivity index is 2.01. The second kappa shape index (κ2) is 5.61. The van der Waals surface area contributed by atoms with Gasteiger partial charge in [-0.3, -0.25) is 0 Å². The second-order valence-corrected chi connectivity index (χ2v) is 5.23. The van der Waals surface area contributed by atoms with Gasteiger partial charge in [-0.1, -0.05) is 18.2 Å². The number of halogens is 2. The number of aromatic nitrogens is 1. The second-order valence-electron chi connectivity index (χ2n) is 4.37. The highest BCUT2D eigenvalue weighted by atomic mass is 32.1. The summed E-state index contributed by atoms with van der Waals surface area (Å²) in [7, 11) is 1.59. The van der Waals surface area contributed by atoms with E-state index in [1.807, 2.05) is 29.6 Å². The molecule has 2 aromatic carbocycles. The van der Waals surface area contributed by atoms with E-state index in [0.29, 0.717) is 10.7 Å². The van der Waals surface area contributed by atoms with Gasteiger partial charge in [-0.2, -0.15) is 0 Å². The van der Waals surface area contributed by atoms with Gasteiger partial charge in [0.05, 0.1) is 12.8 Å². The largest absolute Gasteiger partial charge is 0.497 e. The smallest absolute Gasteiger partial charge is 0.169 e. The lowest BCUT2D eigenvalue weighted by Crippen LogP contribution is -1.89. The predicted octanol–water partition coefficient (Wildman–Crippen LogP) is 4.76. The van der Waals surface area contributed by atoms with Gasteiger partial charge in [0, 0.05) is 16.5 Å². The van der Waals surface area contributed by atoms with Crippen molar-refractivity contribution in [2.24, 2.45) is 0 Å². The van der Waals surface area contributed by atoms with E-state index in [1.165, 1.54) is 23.5 Å². The Morgan fingerprint density at radius 2 is 1.90 bits per heavy atom. The molecular weight excluding hydrogens is 292 g/mol. The van der Waals surface area contributed by atoms with Crippen molar-refractivity contribution in [1.29, 1.82) is 0 Å². The molecule has 0 N–H and O–H groups in total. The van der Waals surface area contributed by atoms with Crippen molar-refractivity contribution in [3.05, 3.63) is 59.5 Å². The number of hydrogen-bond donors (Lipinski definition) is 0. The van der Waals surface area contributed by atoms with E-state index in [0.717, 1.165) is 17.4 Å². The standard InChI is InChI=1S/C16H11F2NOS/c1-20-11-5-2-4-10(8-11)14-9-21-16(19-14)12-6-3-7-13(17)15(12)18/h2-9H,1H3. The quantitative estimate of drug-likeness (QED) is 0.695. The average Bonchev–Trinajstić information content (AvgIpc) is 3.00. The van der Waals surface area contributed by atoms with Gasteiger partial charge in [0.15, 0.2) is 11.6 Å². The molecule has 0 saturated heterocycles. The Labute approximate surface area is 124 Å². The van der Waals surface area contributed by atoms with Crippen LogP contribution in [0.25, 0.3) is 21.8 Å². The van der Waals surface area contributed by atoms with Crippen LogP contribution in [0, 0.1) is 11.6 Å². The Morgan fingerprint density at radius 1 is 1.10 bits per heavy atom. The third kappa shape index (κ3) is 2.64. The molecular formula is C16H11F2NOS. The van der Waals surface area contributed by atoms with E-state index in [4.69, 9.17) is 4.74 Å². The third-order valence-electron chi connectivity index (χ3n) is 3.05.